The molecule has 7 heteroatoms. The summed E-state index contributed by atoms with van der Waals surface area (Å²) in [5, 5.41) is 6.04. The summed E-state index contributed by atoms with van der Waals surface area (Å²) < 4.78 is 11.3. The number of ether oxygens (including phenoxy) is 2. The molecule has 2 atom stereocenters. The van der Waals surface area contributed by atoms with E-state index < -0.39 is 6.10 Å². The molecule has 1 fully saturated rings. The topological polar surface area (TPSA) is 79.9 Å². The van der Waals surface area contributed by atoms with Crippen molar-refractivity contribution >= 4 is 17.5 Å². The fourth-order valence-electron chi connectivity index (χ4n) is 4.92. The van der Waals surface area contributed by atoms with Crippen LogP contribution in [0.1, 0.15) is 42.6 Å². The highest BCUT2D eigenvalue weighted by atomic mass is 16.5. The second kappa shape index (κ2) is 11.5. The Labute approximate surface area is 201 Å². The van der Waals surface area contributed by atoms with Crippen molar-refractivity contribution < 1.29 is 19.1 Å². The molecule has 182 valence electrons. The molecule has 7 nitrogen and oxygen atoms in total. The van der Waals surface area contributed by atoms with Crippen molar-refractivity contribution in [2.24, 2.45) is 5.92 Å². The fourth-order valence-corrected chi connectivity index (χ4v) is 4.92. The molecular formula is C27H35N3O4. The number of nitrogens with one attached hydrogen (secondary N) is 2. The van der Waals surface area contributed by atoms with Gasteiger partial charge in [0.2, 0.25) is 0 Å². The molecule has 2 N–H and O–H groups in total. The van der Waals surface area contributed by atoms with E-state index in [9.17, 15) is 9.59 Å². The first-order chi connectivity index (χ1) is 16.6. The van der Waals surface area contributed by atoms with Crippen LogP contribution in [0.2, 0.25) is 0 Å². The van der Waals surface area contributed by atoms with E-state index >= 15 is 0 Å². The normalized spacial score (nSPS) is 18.7. The van der Waals surface area contributed by atoms with Gasteiger partial charge < -0.3 is 20.1 Å². The average molecular weight is 466 g/mol. The molecule has 0 aliphatic carbocycles. The lowest BCUT2D eigenvalue weighted by Crippen LogP contribution is -2.52. The van der Waals surface area contributed by atoms with Gasteiger partial charge in [0.15, 0.2) is 6.10 Å². The van der Waals surface area contributed by atoms with Gasteiger partial charge in [-0.15, -0.1) is 0 Å². The largest absolute Gasteiger partial charge is 0.480 e. The van der Waals surface area contributed by atoms with Gasteiger partial charge in [-0.25, -0.2) is 0 Å². The Balaban J connectivity index is 1.36. The number of morpholine rings is 1. The molecule has 2 aliphatic rings. The first-order valence-corrected chi connectivity index (χ1v) is 12.3. The Morgan fingerprint density at radius 1 is 1.06 bits per heavy atom. The van der Waals surface area contributed by atoms with Crippen molar-refractivity contribution in [3.63, 3.8) is 0 Å². The molecule has 2 unspecified atom stereocenters. The van der Waals surface area contributed by atoms with Gasteiger partial charge in [0, 0.05) is 43.3 Å². The fraction of sp³-hybridized carbons (Fsp3) is 0.481. The van der Waals surface area contributed by atoms with Crippen LogP contribution in [0.25, 0.3) is 0 Å². The number of hydrogen-bond donors (Lipinski definition) is 2. The molecular weight excluding hydrogens is 430 g/mol. The molecule has 2 aliphatic heterocycles. The van der Waals surface area contributed by atoms with Crippen LogP contribution in [0.5, 0.6) is 5.75 Å². The van der Waals surface area contributed by atoms with E-state index in [0.29, 0.717) is 30.1 Å². The molecule has 2 aromatic rings. The second-order valence-electron chi connectivity index (χ2n) is 8.99. The first-order valence-electron chi connectivity index (χ1n) is 12.3. The maximum absolute atomic E-state index is 13.0. The van der Waals surface area contributed by atoms with Gasteiger partial charge in [-0.1, -0.05) is 51.0 Å². The highest BCUT2D eigenvalue weighted by Crippen LogP contribution is 2.28. The molecule has 4 rings (SSSR count). The van der Waals surface area contributed by atoms with Crippen LogP contribution in [0.15, 0.2) is 48.5 Å². The van der Waals surface area contributed by atoms with Crippen LogP contribution >= 0.6 is 0 Å². The zero-order valence-corrected chi connectivity index (χ0v) is 20.1. The van der Waals surface area contributed by atoms with Crippen molar-refractivity contribution in [1.82, 2.24) is 10.2 Å². The summed E-state index contributed by atoms with van der Waals surface area (Å²) in [5.41, 5.74) is 2.14. The van der Waals surface area contributed by atoms with E-state index in [-0.39, 0.29) is 17.9 Å². The third-order valence-corrected chi connectivity index (χ3v) is 6.91. The molecule has 0 bridgehead atoms. The van der Waals surface area contributed by atoms with E-state index in [1.54, 1.807) is 24.3 Å². The van der Waals surface area contributed by atoms with E-state index in [1.807, 2.05) is 24.3 Å². The number of anilines is 1. The van der Waals surface area contributed by atoms with Gasteiger partial charge >= 0.3 is 0 Å². The van der Waals surface area contributed by atoms with Crippen molar-refractivity contribution in [2.45, 2.75) is 45.3 Å². The van der Waals surface area contributed by atoms with E-state index in [2.05, 4.69) is 29.4 Å². The quantitative estimate of drug-likeness (QED) is 0.593. The monoisotopic (exact) mass is 465 g/mol. The summed E-state index contributed by atoms with van der Waals surface area (Å²) in [6, 6.07) is 15.0. The highest BCUT2D eigenvalue weighted by molar-refractivity contribution is 5.98. The number of amides is 2. The Hall–Kier alpha value is -2.90. The van der Waals surface area contributed by atoms with Crippen molar-refractivity contribution in [2.75, 3.05) is 38.2 Å². The lowest BCUT2D eigenvalue weighted by Gasteiger charge is -2.38. The SMILES string of the molecule is CCC(CC)C(CNC(=O)c1cccc(NC(=O)C2Cc3ccccc3O2)c1)N1CCOCC1. The van der Waals surface area contributed by atoms with Gasteiger partial charge in [-0.3, -0.25) is 14.5 Å². The molecule has 0 saturated carbocycles. The lowest BCUT2D eigenvalue weighted by molar-refractivity contribution is -0.122. The van der Waals surface area contributed by atoms with Gasteiger partial charge in [0.05, 0.1) is 13.2 Å². The van der Waals surface area contributed by atoms with Gasteiger partial charge in [0.25, 0.3) is 11.8 Å². The Morgan fingerprint density at radius 2 is 1.82 bits per heavy atom. The van der Waals surface area contributed by atoms with E-state index in [4.69, 9.17) is 9.47 Å². The Bertz CT molecular complexity index is 960. The average Bonchev–Trinajstić information content (AvgIpc) is 3.32. The third kappa shape index (κ3) is 5.77. The van der Waals surface area contributed by atoms with Gasteiger partial charge in [-0.2, -0.15) is 0 Å². The summed E-state index contributed by atoms with van der Waals surface area (Å²) in [6.07, 6.45) is 2.12. The van der Waals surface area contributed by atoms with Crippen molar-refractivity contribution in [1.29, 1.82) is 0 Å². The Kier molecular flexibility index (Phi) is 8.19. The number of carbonyl (C=O) groups excluding carboxylic acids is 2. The number of nitrogens with zero attached hydrogens (tertiary/aromatic N) is 1. The van der Waals surface area contributed by atoms with Crippen LogP contribution in [0.4, 0.5) is 5.69 Å². The van der Waals surface area contributed by atoms with Crippen molar-refractivity contribution in [3.8, 4) is 5.75 Å². The molecule has 2 amide bonds. The zero-order chi connectivity index (χ0) is 23.9. The first kappa shape index (κ1) is 24.2. The predicted molar refractivity (Wildman–Crippen MR) is 132 cm³/mol. The van der Waals surface area contributed by atoms with Crippen LogP contribution in [0, 0.1) is 5.92 Å². The summed E-state index contributed by atoms with van der Waals surface area (Å²) in [7, 11) is 0. The Morgan fingerprint density at radius 3 is 2.56 bits per heavy atom. The molecule has 2 heterocycles. The molecule has 2 aromatic carbocycles. The minimum absolute atomic E-state index is 0.134. The molecule has 0 radical (unpaired) electrons. The lowest BCUT2D eigenvalue weighted by atomic mass is 9.92. The van der Waals surface area contributed by atoms with E-state index in [0.717, 1.165) is 50.5 Å². The second-order valence-corrected chi connectivity index (χ2v) is 8.99. The zero-order valence-electron chi connectivity index (χ0n) is 20.1. The van der Waals surface area contributed by atoms with Crippen LogP contribution < -0.4 is 15.4 Å². The summed E-state index contributed by atoms with van der Waals surface area (Å²) >= 11 is 0. The maximum Gasteiger partial charge on any atom is 0.265 e. The number of rotatable bonds is 9. The summed E-state index contributed by atoms with van der Waals surface area (Å²) in [4.78, 5) is 28.2. The van der Waals surface area contributed by atoms with Crippen LogP contribution in [-0.4, -0.2) is 61.7 Å². The van der Waals surface area contributed by atoms with Crippen LogP contribution in [-0.2, 0) is 16.0 Å². The third-order valence-electron chi connectivity index (χ3n) is 6.91. The number of benzene rings is 2. The minimum Gasteiger partial charge on any atom is -0.480 e. The molecule has 0 aromatic heterocycles. The smallest absolute Gasteiger partial charge is 0.265 e. The van der Waals surface area contributed by atoms with Gasteiger partial charge in [0.1, 0.15) is 5.75 Å². The molecule has 34 heavy (non-hydrogen) atoms. The van der Waals surface area contributed by atoms with Crippen molar-refractivity contribution in [3.05, 3.63) is 59.7 Å². The van der Waals surface area contributed by atoms with Crippen LogP contribution in [0.3, 0.4) is 0 Å². The standard InChI is InChI=1S/C27H35N3O4/c1-3-19(4-2)23(30-12-14-33-15-13-30)18-28-26(31)21-9-7-10-22(16-21)29-27(32)25-17-20-8-5-6-11-24(20)34-25/h5-11,16,19,23,25H,3-4,12-15,17-18H2,1-2H3,(H,28,31)(H,29,32). The van der Waals surface area contributed by atoms with E-state index in [1.165, 1.54) is 0 Å². The number of hydrogen-bond acceptors (Lipinski definition) is 5. The summed E-state index contributed by atoms with van der Waals surface area (Å²) in [5.74, 6) is 0.919. The maximum atomic E-state index is 13.0. The number of carbonyl (C=O) groups is 2. The number of para-hydroxylation sites is 1. The molecule has 0 spiro atoms. The number of fused-ring (bicyclic) bond motifs is 1. The molecule has 1 saturated heterocycles. The summed E-state index contributed by atoms with van der Waals surface area (Å²) in [6.45, 7) is 8.28. The predicted octanol–water partition coefficient (Wildman–Crippen LogP) is 3.50. The highest BCUT2D eigenvalue weighted by Gasteiger charge is 2.29. The minimum atomic E-state index is -0.566. The van der Waals surface area contributed by atoms with Gasteiger partial charge in [-0.05, 0) is 35.7 Å².